The third kappa shape index (κ3) is 4.27. The van der Waals surface area contributed by atoms with Crippen LogP contribution in [-0.4, -0.2) is 41.4 Å². The Kier molecular flexibility index (Phi) is 4.52. The van der Waals surface area contributed by atoms with Crippen LogP contribution in [0, 0.1) is 0 Å². The van der Waals surface area contributed by atoms with E-state index in [9.17, 15) is 4.79 Å². The molecule has 0 saturated carbocycles. The fourth-order valence-electron chi connectivity index (χ4n) is 0.694. The van der Waals surface area contributed by atoms with Gasteiger partial charge in [0.15, 0.2) is 0 Å². The van der Waals surface area contributed by atoms with Crippen LogP contribution >= 0.6 is 12.6 Å². The lowest BCUT2D eigenvalue weighted by atomic mass is 10.1. The fraction of sp³-hybridized carbons (Fsp3) is 0.857. The summed E-state index contributed by atoms with van der Waals surface area (Å²) in [5, 5.41) is 8.35. The van der Waals surface area contributed by atoms with E-state index in [1.165, 1.54) is 0 Å². The normalized spacial score (nSPS) is 16.5. The predicted molar refractivity (Wildman–Crippen MR) is 48.2 cm³/mol. The molecule has 0 heterocycles. The number of carbonyl (C=O) groups is 1. The highest BCUT2D eigenvalue weighted by Gasteiger charge is 2.17. The van der Waals surface area contributed by atoms with Gasteiger partial charge >= 0.3 is 5.97 Å². The molecule has 0 spiro atoms. The van der Waals surface area contributed by atoms with E-state index < -0.39 is 5.97 Å². The molecule has 2 atom stereocenters. The average molecular weight is 177 g/mol. The van der Waals surface area contributed by atoms with Gasteiger partial charge in [-0.15, -0.1) is 0 Å². The van der Waals surface area contributed by atoms with Gasteiger partial charge in [-0.1, -0.05) is 0 Å². The SMILES string of the molecule is CC(C(S)CC(=O)O)N(C)C. The van der Waals surface area contributed by atoms with Crippen molar-refractivity contribution in [3.05, 3.63) is 0 Å². The third-order valence-corrected chi connectivity index (χ3v) is 2.37. The number of rotatable bonds is 4. The maximum absolute atomic E-state index is 10.3. The fourth-order valence-corrected chi connectivity index (χ4v) is 1.12. The molecule has 0 radical (unpaired) electrons. The van der Waals surface area contributed by atoms with Gasteiger partial charge in [-0.2, -0.15) is 12.6 Å². The van der Waals surface area contributed by atoms with Gasteiger partial charge in [0.1, 0.15) is 0 Å². The molecule has 0 aromatic carbocycles. The zero-order chi connectivity index (χ0) is 9.02. The molecule has 11 heavy (non-hydrogen) atoms. The standard InChI is InChI=1S/C7H15NO2S/c1-5(8(2)3)6(11)4-7(9)10/h5-6,11H,4H2,1-3H3,(H,9,10). The molecular formula is C7H15NO2S. The van der Waals surface area contributed by atoms with Crippen molar-refractivity contribution in [2.75, 3.05) is 14.1 Å². The number of carboxylic acid groups (broad SMARTS) is 1. The first kappa shape index (κ1) is 10.8. The van der Waals surface area contributed by atoms with E-state index in [0.717, 1.165) is 0 Å². The van der Waals surface area contributed by atoms with Crippen molar-refractivity contribution in [2.45, 2.75) is 24.6 Å². The second kappa shape index (κ2) is 4.62. The summed E-state index contributed by atoms with van der Waals surface area (Å²) in [4.78, 5) is 12.2. The largest absolute Gasteiger partial charge is 0.481 e. The average Bonchev–Trinajstić information content (AvgIpc) is 1.84. The second-order valence-corrected chi connectivity index (χ2v) is 3.53. The molecule has 0 amide bonds. The number of aliphatic carboxylic acids is 1. The molecule has 0 aliphatic rings. The quantitative estimate of drug-likeness (QED) is 0.621. The molecule has 0 rings (SSSR count). The van der Waals surface area contributed by atoms with Crippen LogP contribution < -0.4 is 0 Å². The Morgan fingerprint density at radius 1 is 1.64 bits per heavy atom. The highest BCUT2D eigenvalue weighted by atomic mass is 32.1. The summed E-state index contributed by atoms with van der Waals surface area (Å²) >= 11 is 4.18. The summed E-state index contributed by atoms with van der Waals surface area (Å²) in [6.07, 6.45) is 0.114. The third-order valence-electron chi connectivity index (χ3n) is 1.76. The van der Waals surface area contributed by atoms with Crippen LogP contribution in [0.1, 0.15) is 13.3 Å². The Hall–Kier alpha value is -0.220. The van der Waals surface area contributed by atoms with Crippen LogP contribution in [0.3, 0.4) is 0 Å². The van der Waals surface area contributed by atoms with Gasteiger partial charge in [0.05, 0.1) is 6.42 Å². The Morgan fingerprint density at radius 2 is 2.09 bits per heavy atom. The molecule has 0 aliphatic carbocycles. The van der Waals surface area contributed by atoms with E-state index in [0.29, 0.717) is 0 Å². The lowest BCUT2D eigenvalue weighted by molar-refractivity contribution is -0.137. The number of nitrogens with zero attached hydrogens (tertiary/aromatic N) is 1. The van der Waals surface area contributed by atoms with E-state index in [-0.39, 0.29) is 17.7 Å². The maximum atomic E-state index is 10.3. The molecule has 2 unspecified atom stereocenters. The molecule has 0 aromatic heterocycles. The zero-order valence-corrected chi connectivity index (χ0v) is 8.01. The lowest BCUT2D eigenvalue weighted by Crippen LogP contribution is -2.34. The van der Waals surface area contributed by atoms with Crippen molar-refractivity contribution in [1.29, 1.82) is 0 Å². The first-order chi connectivity index (χ1) is 4.95. The van der Waals surface area contributed by atoms with Crippen molar-refractivity contribution in [1.82, 2.24) is 4.90 Å². The van der Waals surface area contributed by atoms with Crippen LogP contribution in [0.25, 0.3) is 0 Å². The molecular weight excluding hydrogens is 162 g/mol. The van der Waals surface area contributed by atoms with Crippen molar-refractivity contribution in [2.24, 2.45) is 0 Å². The summed E-state index contributed by atoms with van der Waals surface area (Å²) in [5.41, 5.74) is 0. The van der Waals surface area contributed by atoms with Gasteiger partial charge in [-0.3, -0.25) is 4.79 Å². The molecule has 0 aromatic rings. The topological polar surface area (TPSA) is 40.5 Å². The molecule has 0 bridgehead atoms. The number of hydrogen-bond donors (Lipinski definition) is 2. The summed E-state index contributed by atoms with van der Waals surface area (Å²) in [5.74, 6) is -0.793. The number of hydrogen-bond acceptors (Lipinski definition) is 3. The molecule has 0 saturated heterocycles. The maximum Gasteiger partial charge on any atom is 0.304 e. The van der Waals surface area contributed by atoms with E-state index in [2.05, 4.69) is 12.6 Å². The van der Waals surface area contributed by atoms with Crippen LogP contribution in [-0.2, 0) is 4.79 Å². The summed E-state index contributed by atoms with van der Waals surface area (Å²) in [7, 11) is 3.82. The summed E-state index contributed by atoms with van der Waals surface area (Å²) in [6, 6.07) is 0.189. The minimum Gasteiger partial charge on any atom is -0.481 e. The molecule has 4 heteroatoms. The van der Waals surface area contributed by atoms with Gasteiger partial charge in [-0.25, -0.2) is 0 Å². The minimum absolute atomic E-state index is 0.0949. The van der Waals surface area contributed by atoms with Crippen LogP contribution in [0.5, 0.6) is 0 Å². The van der Waals surface area contributed by atoms with Gasteiger partial charge in [-0.05, 0) is 21.0 Å². The predicted octanol–water partition coefficient (Wildman–Crippen LogP) is 0.710. The van der Waals surface area contributed by atoms with E-state index in [1.807, 2.05) is 25.9 Å². The van der Waals surface area contributed by atoms with E-state index in [4.69, 9.17) is 5.11 Å². The molecule has 66 valence electrons. The van der Waals surface area contributed by atoms with Gasteiger partial charge in [0.2, 0.25) is 0 Å². The molecule has 3 nitrogen and oxygen atoms in total. The van der Waals surface area contributed by atoms with Crippen molar-refractivity contribution in [3.63, 3.8) is 0 Å². The Balaban J connectivity index is 3.82. The molecule has 0 aliphatic heterocycles. The van der Waals surface area contributed by atoms with E-state index in [1.54, 1.807) is 0 Å². The second-order valence-electron chi connectivity index (χ2n) is 2.87. The van der Waals surface area contributed by atoms with Crippen molar-refractivity contribution < 1.29 is 9.90 Å². The van der Waals surface area contributed by atoms with Crippen LogP contribution in [0.2, 0.25) is 0 Å². The first-order valence-electron chi connectivity index (χ1n) is 3.51. The summed E-state index contributed by atoms with van der Waals surface area (Å²) < 4.78 is 0. The van der Waals surface area contributed by atoms with Crippen molar-refractivity contribution >= 4 is 18.6 Å². The van der Waals surface area contributed by atoms with Gasteiger partial charge in [0, 0.05) is 11.3 Å². The van der Waals surface area contributed by atoms with Crippen LogP contribution in [0.15, 0.2) is 0 Å². The smallest absolute Gasteiger partial charge is 0.304 e. The summed E-state index contributed by atoms with van der Waals surface area (Å²) in [6.45, 7) is 1.96. The van der Waals surface area contributed by atoms with Crippen molar-refractivity contribution in [3.8, 4) is 0 Å². The Bertz CT molecular complexity index is 138. The first-order valence-corrected chi connectivity index (χ1v) is 4.03. The van der Waals surface area contributed by atoms with Gasteiger partial charge in [0.25, 0.3) is 0 Å². The van der Waals surface area contributed by atoms with Crippen LogP contribution in [0.4, 0.5) is 0 Å². The molecule has 1 N–H and O–H groups in total. The lowest BCUT2D eigenvalue weighted by Gasteiger charge is -2.24. The highest BCUT2D eigenvalue weighted by molar-refractivity contribution is 7.81. The minimum atomic E-state index is -0.793. The number of thiol groups is 1. The van der Waals surface area contributed by atoms with E-state index >= 15 is 0 Å². The zero-order valence-electron chi connectivity index (χ0n) is 7.11. The number of carboxylic acids is 1. The van der Waals surface area contributed by atoms with Gasteiger partial charge < -0.3 is 10.0 Å². The Labute approximate surface area is 72.8 Å². The molecule has 0 fully saturated rings. The highest BCUT2D eigenvalue weighted by Crippen LogP contribution is 2.10. The monoisotopic (exact) mass is 177 g/mol. The Morgan fingerprint density at radius 3 is 2.36 bits per heavy atom.